The van der Waals surface area contributed by atoms with Gasteiger partial charge in [0.15, 0.2) is 17.3 Å². The number of carbonyl (C=O) groups is 3. The Morgan fingerprint density at radius 3 is 1.76 bits per heavy atom. The average molecular weight is 233 g/mol. The average Bonchev–Trinajstić information content (AvgIpc) is 2.15. The molecule has 0 heterocycles. The van der Waals surface area contributed by atoms with Crippen LogP contribution in [0.3, 0.4) is 0 Å². The zero-order chi connectivity index (χ0) is 13.3. The Morgan fingerprint density at radius 2 is 1.41 bits per heavy atom. The number of carbonyl (C=O) groups excluding carboxylic acids is 3. The fourth-order valence-corrected chi connectivity index (χ4v) is 1.91. The molecule has 0 unspecified atom stereocenters. The van der Waals surface area contributed by atoms with Gasteiger partial charge in [0, 0.05) is 16.7 Å². The second-order valence-electron chi connectivity index (χ2n) is 4.05. The molecular weight excluding hydrogens is 218 g/mol. The van der Waals surface area contributed by atoms with Crippen molar-refractivity contribution < 1.29 is 14.4 Å². The van der Waals surface area contributed by atoms with Crippen molar-refractivity contribution in [2.24, 2.45) is 0 Å². The molecule has 0 radical (unpaired) electrons. The van der Waals surface area contributed by atoms with Crippen molar-refractivity contribution >= 4 is 23.0 Å². The van der Waals surface area contributed by atoms with Crippen LogP contribution in [0.1, 0.15) is 57.4 Å². The van der Waals surface area contributed by atoms with Crippen molar-refractivity contribution in [2.45, 2.75) is 27.7 Å². The van der Waals surface area contributed by atoms with E-state index in [4.69, 9.17) is 5.73 Å². The molecule has 0 fully saturated rings. The molecule has 0 aliphatic heterocycles. The van der Waals surface area contributed by atoms with Crippen LogP contribution >= 0.6 is 0 Å². The molecule has 1 aromatic carbocycles. The summed E-state index contributed by atoms with van der Waals surface area (Å²) in [6.45, 7) is 5.78. The summed E-state index contributed by atoms with van der Waals surface area (Å²) in [7, 11) is 0. The minimum absolute atomic E-state index is 0.160. The first-order chi connectivity index (χ1) is 7.77. The molecule has 0 aromatic heterocycles. The minimum atomic E-state index is -0.257. The number of hydrogen-bond acceptors (Lipinski definition) is 4. The Morgan fingerprint density at radius 1 is 0.941 bits per heavy atom. The number of hydrogen-bond donors (Lipinski definition) is 1. The van der Waals surface area contributed by atoms with Gasteiger partial charge in [-0.1, -0.05) is 0 Å². The van der Waals surface area contributed by atoms with Crippen molar-refractivity contribution in [1.82, 2.24) is 0 Å². The van der Waals surface area contributed by atoms with Crippen LogP contribution in [-0.2, 0) is 0 Å². The van der Waals surface area contributed by atoms with Gasteiger partial charge in [-0.3, -0.25) is 14.4 Å². The monoisotopic (exact) mass is 233 g/mol. The Balaban J connectivity index is 3.76. The number of ketones is 3. The maximum absolute atomic E-state index is 11.5. The second-order valence-corrected chi connectivity index (χ2v) is 4.05. The first-order valence-corrected chi connectivity index (χ1v) is 5.23. The van der Waals surface area contributed by atoms with Crippen molar-refractivity contribution in [3.63, 3.8) is 0 Å². The third kappa shape index (κ3) is 2.25. The summed E-state index contributed by atoms with van der Waals surface area (Å²) in [6, 6.07) is 1.46. The van der Waals surface area contributed by atoms with Crippen molar-refractivity contribution in [2.75, 3.05) is 5.73 Å². The molecule has 0 bridgehead atoms. The largest absolute Gasteiger partial charge is 0.398 e. The van der Waals surface area contributed by atoms with Crippen LogP contribution in [0.25, 0.3) is 0 Å². The van der Waals surface area contributed by atoms with Gasteiger partial charge in [0.1, 0.15) is 0 Å². The molecule has 0 atom stereocenters. The molecule has 1 rings (SSSR count). The van der Waals surface area contributed by atoms with Gasteiger partial charge >= 0.3 is 0 Å². The molecule has 17 heavy (non-hydrogen) atoms. The normalized spacial score (nSPS) is 10.1. The van der Waals surface area contributed by atoms with Crippen molar-refractivity contribution in [1.29, 1.82) is 0 Å². The lowest BCUT2D eigenvalue weighted by molar-refractivity contribution is 0.101. The molecule has 0 saturated carbocycles. The Labute approximate surface area is 99.8 Å². The number of rotatable bonds is 3. The van der Waals surface area contributed by atoms with E-state index in [-0.39, 0.29) is 34.2 Å². The fourth-order valence-electron chi connectivity index (χ4n) is 1.91. The van der Waals surface area contributed by atoms with Crippen molar-refractivity contribution in [3.05, 3.63) is 28.3 Å². The highest BCUT2D eigenvalue weighted by Gasteiger charge is 2.20. The van der Waals surface area contributed by atoms with Crippen LogP contribution in [0, 0.1) is 6.92 Å². The number of Topliss-reactive ketones (excluding diaryl/α,β-unsaturated/α-hetero) is 3. The van der Waals surface area contributed by atoms with Gasteiger partial charge in [-0.25, -0.2) is 0 Å². The molecule has 0 aliphatic carbocycles. The predicted molar refractivity (Wildman–Crippen MR) is 65.6 cm³/mol. The number of nitrogen functional groups attached to an aromatic ring is 1. The standard InChI is InChI=1S/C13H15NO3/c1-6-10(7(2)15)5-11(8(3)16)13(14)12(6)9(4)17/h5H,14H2,1-4H3. The molecule has 0 aliphatic rings. The summed E-state index contributed by atoms with van der Waals surface area (Å²) in [4.78, 5) is 34.4. The van der Waals surface area contributed by atoms with E-state index in [0.717, 1.165) is 0 Å². The highest BCUT2D eigenvalue weighted by molar-refractivity contribution is 6.11. The topological polar surface area (TPSA) is 77.2 Å². The third-order valence-electron chi connectivity index (χ3n) is 2.74. The molecule has 1 aromatic rings. The first kappa shape index (κ1) is 13.1. The minimum Gasteiger partial charge on any atom is -0.398 e. The van der Waals surface area contributed by atoms with Gasteiger partial charge in [0.25, 0.3) is 0 Å². The van der Waals surface area contributed by atoms with E-state index >= 15 is 0 Å². The lowest BCUT2D eigenvalue weighted by Crippen LogP contribution is -2.12. The van der Waals surface area contributed by atoms with E-state index in [9.17, 15) is 14.4 Å². The van der Waals surface area contributed by atoms with Crippen LogP contribution < -0.4 is 5.73 Å². The Hall–Kier alpha value is -1.97. The molecule has 90 valence electrons. The molecule has 0 spiro atoms. The van der Waals surface area contributed by atoms with Crippen LogP contribution in [0.4, 0.5) is 5.69 Å². The van der Waals surface area contributed by atoms with Crippen LogP contribution in [0.5, 0.6) is 0 Å². The SMILES string of the molecule is CC(=O)c1cc(C(C)=O)c(N)c(C(C)=O)c1C. The molecule has 0 amide bonds. The van der Waals surface area contributed by atoms with E-state index in [2.05, 4.69) is 0 Å². The summed E-state index contributed by atoms with van der Waals surface area (Å²) >= 11 is 0. The number of anilines is 1. The quantitative estimate of drug-likeness (QED) is 0.641. The highest BCUT2D eigenvalue weighted by atomic mass is 16.1. The van der Waals surface area contributed by atoms with Crippen LogP contribution in [-0.4, -0.2) is 17.3 Å². The van der Waals surface area contributed by atoms with Crippen LogP contribution in [0.15, 0.2) is 6.07 Å². The summed E-state index contributed by atoms with van der Waals surface area (Å²) in [5.74, 6) is -0.689. The van der Waals surface area contributed by atoms with Gasteiger partial charge in [0.05, 0.1) is 5.69 Å². The van der Waals surface area contributed by atoms with E-state index < -0.39 is 0 Å². The maximum atomic E-state index is 11.5. The summed E-state index contributed by atoms with van der Waals surface area (Å²) in [5.41, 5.74) is 7.36. The molecule has 4 heteroatoms. The van der Waals surface area contributed by atoms with Gasteiger partial charge in [-0.2, -0.15) is 0 Å². The van der Waals surface area contributed by atoms with E-state index in [1.54, 1.807) is 6.92 Å². The van der Waals surface area contributed by atoms with E-state index in [1.807, 2.05) is 0 Å². The number of benzene rings is 1. The third-order valence-corrected chi connectivity index (χ3v) is 2.74. The molecule has 2 N–H and O–H groups in total. The second kappa shape index (κ2) is 4.49. The van der Waals surface area contributed by atoms with Gasteiger partial charge in [-0.05, 0) is 39.3 Å². The summed E-state index contributed by atoms with van der Waals surface area (Å²) in [5, 5.41) is 0. The number of nitrogens with two attached hydrogens (primary N) is 1. The van der Waals surface area contributed by atoms with Gasteiger partial charge < -0.3 is 5.73 Å². The zero-order valence-corrected chi connectivity index (χ0v) is 10.4. The molecule has 0 saturated heterocycles. The summed E-state index contributed by atoms with van der Waals surface area (Å²) < 4.78 is 0. The van der Waals surface area contributed by atoms with E-state index in [1.165, 1.54) is 26.8 Å². The lowest BCUT2D eigenvalue weighted by Gasteiger charge is -2.13. The van der Waals surface area contributed by atoms with Crippen molar-refractivity contribution in [3.8, 4) is 0 Å². The van der Waals surface area contributed by atoms with Crippen LogP contribution in [0.2, 0.25) is 0 Å². The molecular formula is C13H15NO3. The smallest absolute Gasteiger partial charge is 0.162 e. The highest BCUT2D eigenvalue weighted by Crippen LogP contribution is 2.26. The van der Waals surface area contributed by atoms with Gasteiger partial charge in [-0.15, -0.1) is 0 Å². The maximum Gasteiger partial charge on any atom is 0.162 e. The lowest BCUT2D eigenvalue weighted by atomic mass is 9.91. The Kier molecular flexibility index (Phi) is 3.46. The van der Waals surface area contributed by atoms with Gasteiger partial charge in [0.2, 0.25) is 0 Å². The first-order valence-electron chi connectivity index (χ1n) is 5.23. The Bertz CT molecular complexity index is 492. The summed E-state index contributed by atoms with van der Waals surface area (Å²) in [6.07, 6.45) is 0. The predicted octanol–water partition coefficient (Wildman–Crippen LogP) is 2.19. The molecule has 4 nitrogen and oxygen atoms in total. The fraction of sp³-hybridized carbons (Fsp3) is 0.308. The zero-order valence-electron chi connectivity index (χ0n) is 10.4. The van der Waals surface area contributed by atoms with E-state index in [0.29, 0.717) is 11.1 Å².